The minimum atomic E-state index is -0.191. The highest BCUT2D eigenvalue weighted by molar-refractivity contribution is 6.02. The van der Waals surface area contributed by atoms with Crippen LogP contribution in [0, 0.1) is 0 Å². The molecule has 3 aliphatic rings. The van der Waals surface area contributed by atoms with Gasteiger partial charge < -0.3 is 24.3 Å². The predicted molar refractivity (Wildman–Crippen MR) is 142 cm³/mol. The molecule has 37 heavy (non-hydrogen) atoms. The summed E-state index contributed by atoms with van der Waals surface area (Å²) in [7, 11) is 0. The molecule has 2 aromatic rings. The summed E-state index contributed by atoms with van der Waals surface area (Å²) >= 11 is 0. The van der Waals surface area contributed by atoms with Crippen LogP contribution < -0.4 is 9.64 Å². The summed E-state index contributed by atoms with van der Waals surface area (Å²) in [6.45, 7) is 9.06. The van der Waals surface area contributed by atoms with Crippen molar-refractivity contribution in [1.82, 2.24) is 14.7 Å². The Hall–Kier alpha value is -3.39. The van der Waals surface area contributed by atoms with Crippen molar-refractivity contribution >= 4 is 23.4 Å². The fourth-order valence-corrected chi connectivity index (χ4v) is 5.17. The van der Waals surface area contributed by atoms with E-state index in [1.54, 1.807) is 39.0 Å². The Labute approximate surface area is 218 Å². The first-order valence-corrected chi connectivity index (χ1v) is 13.4. The largest absolute Gasteiger partial charge is 0.490 e. The molecule has 0 aliphatic carbocycles. The quantitative estimate of drug-likeness (QED) is 0.604. The van der Waals surface area contributed by atoms with E-state index < -0.39 is 0 Å². The Morgan fingerprint density at radius 2 is 1.38 bits per heavy atom. The predicted octanol–water partition coefficient (Wildman–Crippen LogP) is 3.27. The van der Waals surface area contributed by atoms with Gasteiger partial charge in [-0.05, 0) is 81.6 Å². The molecule has 0 saturated carbocycles. The highest BCUT2D eigenvalue weighted by Gasteiger charge is 2.29. The van der Waals surface area contributed by atoms with E-state index in [0.717, 1.165) is 56.9 Å². The van der Waals surface area contributed by atoms with E-state index in [0.29, 0.717) is 30.3 Å². The fourth-order valence-electron chi connectivity index (χ4n) is 5.17. The number of hydrogen-bond acceptors (Lipinski definition) is 5. The van der Waals surface area contributed by atoms with Crippen LogP contribution in [0.4, 0.5) is 5.69 Å². The summed E-state index contributed by atoms with van der Waals surface area (Å²) in [5.74, 6) is 0.521. The van der Waals surface area contributed by atoms with Crippen molar-refractivity contribution in [2.24, 2.45) is 0 Å². The first-order chi connectivity index (χ1) is 17.9. The van der Waals surface area contributed by atoms with Gasteiger partial charge >= 0.3 is 0 Å². The van der Waals surface area contributed by atoms with Gasteiger partial charge in [-0.25, -0.2) is 0 Å². The van der Waals surface area contributed by atoms with Gasteiger partial charge in [0.25, 0.3) is 11.8 Å². The molecule has 0 aromatic heterocycles. The summed E-state index contributed by atoms with van der Waals surface area (Å²) in [6.07, 6.45) is 3.30. The van der Waals surface area contributed by atoms with Crippen LogP contribution in [0.5, 0.6) is 5.75 Å². The van der Waals surface area contributed by atoms with Crippen molar-refractivity contribution in [2.75, 3.05) is 50.7 Å². The smallest absolute Gasteiger partial charge is 0.254 e. The molecule has 8 nitrogen and oxygen atoms in total. The minimum Gasteiger partial charge on any atom is -0.490 e. The Kier molecular flexibility index (Phi) is 7.46. The summed E-state index contributed by atoms with van der Waals surface area (Å²) in [4.78, 5) is 45.9. The highest BCUT2D eigenvalue weighted by Crippen LogP contribution is 2.25. The number of ether oxygens (including phenoxy) is 1. The van der Waals surface area contributed by atoms with Crippen LogP contribution >= 0.6 is 0 Å². The summed E-state index contributed by atoms with van der Waals surface area (Å²) in [6, 6.07) is 15.0. The van der Waals surface area contributed by atoms with Crippen LogP contribution in [0.15, 0.2) is 48.5 Å². The van der Waals surface area contributed by atoms with E-state index in [9.17, 15) is 14.4 Å². The molecule has 8 heteroatoms. The second-order valence-electron chi connectivity index (χ2n) is 10.4. The monoisotopic (exact) mass is 504 g/mol. The molecular weight excluding hydrogens is 468 g/mol. The highest BCUT2D eigenvalue weighted by atomic mass is 16.5. The number of hydrogen-bond donors (Lipinski definition) is 0. The van der Waals surface area contributed by atoms with Gasteiger partial charge in [-0.3, -0.25) is 14.4 Å². The van der Waals surface area contributed by atoms with E-state index in [1.165, 1.54) is 0 Å². The second kappa shape index (κ2) is 10.9. The number of rotatable bonds is 6. The molecule has 3 saturated heterocycles. The Bertz CT molecular complexity index is 1120. The summed E-state index contributed by atoms with van der Waals surface area (Å²) in [5.41, 5.74) is 1.89. The first kappa shape index (κ1) is 25.3. The molecule has 0 unspecified atom stereocenters. The van der Waals surface area contributed by atoms with Gasteiger partial charge in [-0.15, -0.1) is 0 Å². The van der Waals surface area contributed by atoms with E-state index in [1.807, 2.05) is 24.3 Å². The molecule has 3 amide bonds. The number of piperazine rings is 1. The third-order valence-electron chi connectivity index (χ3n) is 7.69. The lowest BCUT2D eigenvalue weighted by molar-refractivity contribution is -0.120. The fraction of sp³-hybridized carbons (Fsp3) is 0.483. The van der Waals surface area contributed by atoms with Gasteiger partial charge in [0.2, 0.25) is 5.91 Å². The molecular formula is C29H36N4O4. The van der Waals surface area contributed by atoms with Crippen molar-refractivity contribution in [1.29, 1.82) is 0 Å². The van der Waals surface area contributed by atoms with Crippen LogP contribution in [0.1, 0.15) is 53.8 Å². The van der Waals surface area contributed by atoms with Gasteiger partial charge in [0.15, 0.2) is 0 Å². The van der Waals surface area contributed by atoms with Crippen LogP contribution in [0.3, 0.4) is 0 Å². The normalized spacial score (nSPS) is 19.2. The molecule has 0 N–H and O–H groups in total. The first-order valence-electron chi connectivity index (χ1n) is 13.4. The molecule has 3 aliphatic heterocycles. The van der Waals surface area contributed by atoms with Gasteiger partial charge in [-0.2, -0.15) is 0 Å². The number of amides is 3. The number of benzene rings is 2. The minimum absolute atomic E-state index is 0.00183. The Balaban J connectivity index is 1.13. The van der Waals surface area contributed by atoms with Crippen molar-refractivity contribution in [3.8, 4) is 5.75 Å². The lowest BCUT2D eigenvalue weighted by Crippen LogP contribution is -2.52. The van der Waals surface area contributed by atoms with Gasteiger partial charge in [0, 0.05) is 62.1 Å². The number of likely N-dealkylation sites (tertiary alicyclic amines) is 2. The molecule has 0 radical (unpaired) electrons. The molecule has 0 bridgehead atoms. The lowest BCUT2D eigenvalue weighted by atomic mass is 10.1. The molecule has 2 aromatic carbocycles. The van der Waals surface area contributed by atoms with Crippen molar-refractivity contribution in [2.45, 2.75) is 45.3 Å². The number of anilines is 1. The van der Waals surface area contributed by atoms with E-state index in [-0.39, 0.29) is 30.4 Å². The molecule has 0 atom stereocenters. The molecule has 3 fully saturated rings. The average Bonchev–Trinajstić information content (AvgIpc) is 2.88. The summed E-state index contributed by atoms with van der Waals surface area (Å²) < 4.78 is 6.19. The Morgan fingerprint density at radius 3 is 1.89 bits per heavy atom. The maximum absolute atomic E-state index is 13.0. The molecule has 3 heterocycles. The van der Waals surface area contributed by atoms with Crippen LogP contribution in [-0.2, 0) is 4.79 Å². The number of carbonyl (C=O) groups is 3. The zero-order valence-electron chi connectivity index (χ0n) is 21.8. The van der Waals surface area contributed by atoms with Crippen molar-refractivity contribution in [3.63, 3.8) is 0 Å². The molecule has 0 spiro atoms. The maximum Gasteiger partial charge on any atom is 0.254 e. The zero-order valence-corrected chi connectivity index (χ0v) is 21.8. The van der Waals surface area contributed by atoms with Crippen LogP contribution in [0.2, 0.25) is 0 Å². The van der Waals surface area contributed by atoms with Gasteiger partial charge in [-0.1, -0.05) is 0 Å². The van der Waals surface area contributed by atoms with Crippen molar-refractivity contribution in [3.05, 3.63) is 59.7 Å². The van der Waals surface area contributed by atoms with Crippen LogP contribution in [-0.4, -0.2) is 90.4 Å². The van der Waals surface area contributed by atoms with E-state index in [4.69, 9.17) is 4.74 Å². The Morgan fingerprint density at radius 1 is 0.784 bits per heavy atom. The zero-order chi connectivity index (χ0) is 25.9. The molecule has 196 valence electrons. The lowest BCUT2D eigenvalue weighted by Gasteiger charge is -2.35. The van der Waals surface area contributed by atoms with Gasteiger partial charge in [0.1, 0.15) is 18.4 Å². The summed E-state index contributed by atoms with van der Waals surface area (Å²) in [5, 5.41) is 0. The third-order valence-corrected chi connectivity index (χ3v) is 7.69. The third kappa shape index (κ3) is 5.64. The van der Waals surface area contributed by atoms with E-state index in [2.05, 4.69) is 18.7 Å². The topological polar surface area (TPSA) is 73.4 Å². The van der Waals surface area contributed by atoms with E-state index >= 15 is 0 Å². The molecule has 5 rings (SSSR count). The SMILES string of the molecule is CC(C)N1CCC(Oc2ccc(N3CCN(C(=O)c4ccc(C(=O)N5CCC5)cc4)CC3=O)cc2)CC1. The number of carbonyl (C=O) groups excluding carboxylic acids is 3. The van der Waals surface area contributed by atoms with Crippen molar-refractivity contribution < 1.29 is 19.1 Å². The average molecular weight is 505 g/mol. The standard InChI is InChI=1S/C29H36N4O4/c1-21(2)30-16-12-26(13-17-30)37-25-10-8-24(9-11-25)33-19-18-32(20-27(33)34)29(36)23-6-4-22(5-7-23)28(35)31-14-3-15-31/h4-11,21,26H,3,12-20H2,1-2H3. The van der Waals surface area contributed by atoms with Gasteiger partial charge in [0.05, 0.1) is 0 Å². The second-order valence-corrected chi connectivity index (χ2v) is 10.4. The maximum atomic E-state index is 13.0. The number of nitrogens with zero attached hydrogens (tertiary/aromatic N) is 4. The number of piperidine rings is 1. The van der Waals surface area contributed by atoms with Crippen LogP contribution in [0.25, 0.3) is 0 Å².